The monoisotopic (exact) mass is 346 g/mol. The largest absolute Gasteiger partial charge is 0.471 e. The van der Waals surface area contributed by atoms with E-state index in [-0.39, 0.29) is 32.8 Å². The summed E-state index contributed by atoms with van der Waals surface area (Å²) in [5.41, 5.74) is 0.827. The summed E-state index contributed by atoms with van der Waals surface area (Å²) in [6, 6.07) is 9.09. The van der Waals surface area contributed by atoms with Crippen molar-refractivity contribution >= 4 is 12.0 Å². The van der Waals surface area contributed by atoms with E-state index >= 15 is 0 Å². The Bertz CT molecular complexity index is 566. The number of nitrogens with one attached hydrogen (secondary N) is 1. The number of benzene rings is 1. The van der Waals surface area contributed by atoms with Crippen LogP contribution >= 0.6 is 0 Å². The molecule has 1 N–H and O–H groups in total. The van der Waals surface area contributed by atoms with Gasteiger partial charge in [0.25, 0.3) is 0 Å². The summed E-state index contributed by atoms with van der Waals surface area (Å²) in [5, 5.41) is 1.74. The van der Waals surface area contributed by atoms with E-state index in [1.165, 1.54) is 4.90 Å². The molecule has 0 saturated carbocycles. The van der Waals surface area contributed by atoms with Crippen molar-refractivity contribution in [2.24, 2.45) is 0 Å². The van der Waals surface area contributed by atoms with Crippen LogP contribution in [0.2, 0.25) is 0 Å². The van der Waals surface area contributed by atoms with Crippen molar-refractivity contribution in [1.29, 1.82) is 0 Å². The van der Waals surface area contributed by atoms with Gasteiger partial charge in [0.2, 0.25) is 0 Å². The molecule has 0 aromatic heterocycles. The van der Waals surface area contributed by atoms with Crippen LogP contribution in [-0.4, -0.2) is 55.4 Å². The lowest BCUT2D eigenvalue weighted by atomic mass is 10.2. The fraction of sp³-hybridized carbons (Fsp3) is 0.467. The van der Waals surface area contributed by atoms with Gasteiger partial charge in [-0.3, -0.25) is 4.79 Å². The Hall–Kier alpha value is -2.29. The van der Waals surface area contributed by atoms with E-state index in [1.807, 2.05) is 30.3 Å². The van der Waals surface area contributed by atoms with Crippen molar-refractivity contribution in [2.75, 3.05) is 26.2 Å². The van der Waals surface area contributed by atoms with E-state index in [0.29, 0.717) is 0 Å². The first-order chi connectivity index (χ1) is 11.4. The fourth-order valence-electron chi connectivity index (χ4n) is 2.13. The average molecular weight is 346 g/mol. The average Bonchev–Trinajstić information content (AvgIpc) is 2.58. The highest BCUT2D eigenvalue weighted by molar-refractivity contribution is 5.81. The smallest absolute Gasteiger partial charge is 0.445 e. The third kappa shape index (κ3) is 5.41. The number of amides is 2. The van der Waals surface area contributed by atoms with Crippen LogP contribution in [0, 0.1) is 0 Å². The minimum absolute atomic E-state index is 0.0474. The summed E-state index contributed by atoms with van der Waals surface area (Å²) in [6.07, 6.45) is -6.23. The number of morpholine rings is 1. The molecule has 1 aromatic rings. The van der Waals surface area contributed by atoms with Crippen LogP contribution in [0.15, 0.2) is 30.3 Å². The van der Waals surface area contributed by atoms with E-state index in [9.17, 15) is 22.8 Å². The summed E-state index contributed by atoms with van der Waals surface area (Å²) in [4.78, 5) is 24.1. The zero-order valence-electron chi connectivity index (χ0n) is 12.7. The molecule has 1 aliphatic heterocycles. The van der Waals surface area contributed by atoms with E-state index in [1.54, 1.807) is 5.32 Å². The zero-order valence-corrected chi connectivity index (χ0v) is 12.7. The molecule has 1 heterocycles. The molecule has 1 aliphatic rings. The minimum atomic E-state index is -4.94. The standard InChI is InChI=1S/C15H17F3N2O4/c16-15(17,18)13(21)19-8-12-9-20(6-7-23-12)14(22)24-10-11-4-2-1-3-5-11/h1-5,12H,6-10H2,(H,19,21). The molecule has 1 unspecified atom stereocenters. The Morgan fingerprint density at radius 2 is 2.00 bits per heavy atom. The van der Waals surface area contributed by atoms with E-state index in [4.69, 9.17) is 9.47 Å². The molecular weight excluding hydrogens is 329 g/mol. The van der Waals surface area contributed by atoms with Gasteiger partial charge >= 0.3 is 18.2 Å². The van der Waals surface area contributed by atoms with Crippen LogP contribution in [0.5, 0.6) is 0 Å². The molecule has 6 nitrogen and oxygen atoms in total. The van der Waals surface area contributed by atoms with Gasteiger partial charge in [-0.25, -0.2) is 4.79 Å². The molecule has 0 spiro atoms. The molecule has 1 saturated heterocycles. The topological polar surface area (TPSA) is 67.9 Å². The SMILES string of the molecule is O=C(OCc1ccccc1)N1CCOC(CNC(=O)C(F)(F)F)C1. The number of alkyl halides is 3. The molecule has 2 rings (SSSR count). The predicted molar refractivity (Wildman–Crippen MR) is 77.0 cm³/mol. The van der Waals surface area contributed by atoms with Crippen molar-refractivity contribution in [2.45, 2.75) is 18.9 Å². The Morgan fingerprint density at radius 3 is 2.67 bits per heavy atom. The lowest BCUT2D eigenvalue weighted by Gasteiger charge is -2.32. The second kappa shape index (κ2) is 8.00. The van der Waals surface area contributed by atoms with Crippen molar-refractivity contribution < 1.29 is 32.2 Å². The predicted octanol–water partition coefficient (Wildman–Crippen LogP) is 1.70. The van der Waals surface area contributed by atoms with Crippen molar-refractivity contribution in [3.8, 4) is 0 Å². The normalized spacial score (nSPS) is 18.1. The summed E-state index contributed by atoms with van der Waals surface area (Å²) in [7, 11) is 0. The number of ether oxygens (including phenoxy) is 2. The summed E-state index contributed by atoms with van der Waals surface area (Å²) in [6.45, 7) is 0.253. The third-order valence-corrected chi connectivity index (χ3v) is 3.35. The maximum absolute atomic E-state index is 12.1. The molecule has 132 valence electrons. The van der Waals surface area contributed by atoms with Crippen LogP contribution < -0.4 is 5.32 Å². The van der Waals surface area contributed by atoms with E-state index < -0.39 is 24.3 Å². The number of hydrogen-bond acceptors (Lipinski definition) is 4. The van der Waals surface area contributed by atoms with E-state index in [0.717, 1.165) is 5.56 Å². The first-order valence-corrected chi connectivity index (χ1v) is 7.28. The molecular formula is C15H17F3N2O4. The highest BCUT2D eigenvalue weighted by atomic mass is 19.4. The van der Waals surface area contributed by atoms with Crippen molar-refractivity contribution in [3.63, 3.8) is 0 Å². The molecule has 0 radical (unpaired) electrons. The zero-order chi connectivity index (χ0) is 17.6. The van der Waals surface area contributed by atoms with Gasteiger partial charge in [-0.05, 0) is 5.56 Å². The number of carbonyl (C=O) groups is 2. The van der Waals surface area contributed by atoms with Gasteiger partial charge in [0.15, 0.2) is 0 Å². The lowest BCUT2D eigenvalue weighted by Crippen LogP contribution is -2.51. The van der Waals surface area contributed by atoms with Gasteiger partial charge in [0.05, 0.1) is 19.3 Å². The molecule has 0 aliphatic carbocycles. The minimum Gasteiger partial charge on any atom is -0.445 e. The summed E-state index contributed by atoms with van der Waals surface area (Å²) in [5.74, 6) is -2.03. The Morgan fingerprint density at radius 1 is 1.29 bits per heavy atom. The van der Waals surface area contributed by atoms with Gasteiger partial charge in [-0.1, -0.05) is 30.3 Å². The first-order valence-electron chi connectivity index (χ1n) is 7.28. The number of rotatable bonds is 4. The summed E-state index contributed by atoms with van der Waals surface area (Å²) >= 11 is 0. The maximum Gasteiger partial charge on any atom is 0.471 e. The van der Waals surface area contributed by atoms with E-state index in [2.05, 4.69) is 0 Å². The molecule has 1 aromatic carbocycles. The highest BCUT2D eigenvalue weighted by Gasteiger charge is 2.39. The van der Waals surface area contributed by atoms with Gasteiger partial charge in [-0.15, -0.1) is 0 Å². The Labute approximate surface area is 136 Å². The fourth-order valence-corrected chi connectivity index (χ4v) is 2.13. The lowest BCUT2D eigenvalue weighted by molar-refractivity contribution is -0.174. The Kier molecular flexibility index (Phi) is 6.02. The molecule has 0 bridgehead atoms. The van der Waals surface area contributed by atoms with Crippen LogP contribution in [0.4, 0.5) is 18.0 Å². The first kappa shape index (κ1) is 18.1. The van der Waals surface area contributed by atoms with Gasteiger partial charge in [0, 0.05) is 13.1 Å². The van der Waals surface area contributed by atoms with Crippen molar-refractivity contribution in [3.05, 3.63) is 35.9 Å². The molecule has 24 heavy (non-hydrogen) atoms. The molecule has 2 amide bonds. The molecule has 1 atom stereocenters. The van der Waals surface area contributed by atoms with Gasteiger partial charge in [0.1, 0.15) is 6.61 Å². The molecule has 1 fully saturated rings. The third-order valence-electron chi connectivity index (χ3n) is 3.35. The van der Waals surface area contributed by atoms with Crippen LogP contribution in [0.1, 0.15) is 5.56 Å². The Balaban J connectivity index is 1.77. The number of nitrogens with zero attached hydrogens (tertiary/aromatic N) is 1. The van der Waals surface area contributed by atoms with Crippen LogP contribution in [0.3, 0.4) is 0 Å². The van der Waals surface area contributed by atoms with Gasteiger partial charge in [-0.2, -0.15) is 13.2 Å². The number of halogens is 3. The number of hydrogen-bond donors (Lipinski definition) is 1. The molecule has 9 heteroatoms. The quantitative estimate of drug-likeness (QED) is 0.901. The van der Waals surface area contributed by atoms with Gasteiger partial charge < -0.3 is 19.7 Å². The van der Waals surface area contributed by atoms with Crippen LogP contribution in [0.25, 0.3) is 0 Å². The number of carbonyl (C=O) groups excluding carboxylic acids is 2. The van der Waals surface area contributed by atoms with Crippen LogP contribution in [-0.2, 0) is 20.9 Å². The second-order valence-electron chi connectivity index (χ2n) is 5.19. The van der Waals surface area contributed by atoms with Crippen molar-refractivity contribution in [1.82, 2.24) is 10.2 Å². The highest BCUT2D eigenvalue weighted by Crippen LogP contribution is 2.14. The summed E-state index contributed by atoms with van der Waals surface area (Å²) < 4.78 is 46.8. The maximum atomic E-state index is 12.1. The second-order valence-corrected chi connectivity index (χ2v) is 5.19.